The maximum absolute atomic E-state index is 12.7. The van der Waals surface area contributed by atoms with E-state index in [9.17, 15) is 4.79 Å². The summed E-state index contributed by atoms with van der Waals surface area (Å²) >= 11 is 1.40. The van der Waals surface area contributed by atoms with E-state index in [2.05, 4.69) is 37.1 Å². The number of hydrogen-bond donors (Lipinski definition) is 1. The molecule has 1 N–H and O–H groups in total. The van der Waals surface area contributed by atoms with E-state index in [1.54, 1.807) is 32.4 Å². The Morgan fingerprint density at radius 2 is 1.77 bits per heavy atom. The Bertz CT molecular complexity index is 1100. The third-order valence-electron chi connectivity index (χ3n) is 6.08. The maximum Gasteiger partial charge on any atom is 0.234 e. The molecule has 8 nitrogen and oxygen atoms in total. The third-order valence-corrected chi connectivity index (χ3v) is 7.04. The van der Waals surface area contributed by atoms with Gasteiger partial charge in [0, 0.05) is 24.7 Å². The lowest BCUT2D eigenvalue weighted by atomic mass is 10.1. The van der Waals surface area contributed by atoms with Gasteiger partial charge in [-0.05, 0) is 43.6 Å². The van der Waals surface area contributed by atoms with Crippen molar-refractivity contribution in [2.75, 3.05) is 44.9 Å². The van der Waals surface area contributed by atoms with Crippen LogP contribution >= 0.6 is 11.8 Å². The van der Waals surface area contributed by atoms with Crippen molar-refractivity contribution in [2.24, 2.45) is 0 Å². The van der Waals surface area contributed by atoms with E-state index in [0.29, 0.717) is 23.7 Å². The quantitative estimate of drug-likeness (QED) is 0.401. The van der Waals surface area contributed by atoms with E-state index in [0.717, 1.165) is 37.0 Å². The third kappa shape index (κ3) is 6.99. The summed E-state index contributed by atoms with van der Waals surface area (Å²) in [6.45, 7) is 3.98. The van der Waals surface area contributed by atoms with Crippen LogP contribution in [0.5, 0.6) is 11.5 Å². The lowest BCUT2D eigenvalue weighted by Gasteiger charge is -2.26. The molecule has 0 saturated carbocycles. The van der Waals surface area contributed by atoms with Gasteiger partial charge in [0.1, 0.15) is 5.82 Å². The van der Waals surface area contributed by atoms with E-state index in [1.807, 2.05) is 18.2 Å². The minimum atomic E-state index is -0.119. The molecule has 2 aromatic carbocycles. The molecular formula is C26H33N5O3S. The van der Waals surface area contributed by atoms with Crippen LogP contribution in [0.25, 0.3) is 0 Å². The SMILES string of the molecule is COc1ccc(NC(=O)CSc2nnc(CCN3CCCCC3)n2Cc2ccccc2)cc1OC. The van der Waals surface area contributed by atoms with Crippen molar-refractivity contribution >= 4 is 23.4 Å². The molecule has 0 aliphatic carbocycles. The molecule has 3 aromatic rings. The lowest BCUT2D eigenvalue weighted by Crippen LogP contribution is -2.32. The molecule has 1 aliphatic heterocycles. The number of amides is 1. The Morgan fingerprint density at radius 1 is 1.00 bits per heavy atom. The fourth-order valence-electron chi connectivity index (χ4n) is 4.22. The fourth-order valence-corrected chi connectivity index (χ4v) is 4.97. The molecule has 9 heteroatoms. The van der Waals surface area contributed by atoms with Crippen LogP contribution < -0.4 is 14.8 Å². The molecule has 0 spiro atoms. The highest BCUT2D eigenvalue weighted by Gasteiger charge is 2.17. The first-order chi connectivity index (χ1) is 17.2. The van der Waals surface area contributed by atoms with Gasteiger partial charge in [-0.1, -0.05) is 48.5 Å². The number of hydrogen-bond acceptors (Lipinski definition) is 7. The Kier molecular flexibility index (Phi) is 9.02. The van der Waals surface area contributed by atoms with Gasteiger partial charge in [-0.3, -0.25) is 4.79 Å². The Balaban J connectivity index is 1.42. The van der Waals surface area contributed by atoms with Crippen LogP contribution in [0.3, 0.4) is 0 Å². The van der Waals surface area contributed by atoms with Crippen molar-refractivity contribution in [3.05, 3.63) is 59.9 Å². The normalized spacial score (nSPS) is 14.0. The van der Waals surface area contributed by atoms with Gasteiger partial charge < -0.3 is 24.3 Å². The van der Waals surface area contributed by atoms with Crippen LogP contribution in [-0.2, 0) is 17.8 Å². The second-order valence-electron chi connectivity index (χ2n) is 8.53. The van der Waals surface area contributed by atoms with Gasteiger partial charge in [0.05, 0.1) is 26.5 Å². The molecule has 0 radical (unpaired) electrons. The van der Waals surface area contributed by atoms with Gasteiger partial charge in [-0.15, -0.1) is 10.2 Å². The van der Waals surface area contributed by atoms with Crippen LogP contribution in [0.2, 0.25) is 0 Å². The predicted molar refractivity (Wildman–Crippen MR) is 138 cm³/mol. The van der Waals surface area contributed by atoms with Gasteiger partial charge >= 0.3 is 0 Å². The van der Waals surface area contributed by atoms with Gasteiger partial charge in [0.2, 0.25) is 5.91 Å². The van der Waals surface area contributed by atoms with Gasteiger partial charge in [-0.2, -0.15) is 0 Å². The second-order valence-corrected chi connectivity index (χ2v) is 9.47. The van der Waals surface area contributed by atoms with Crippen molar-refractivity contribution in [1.29, 1.82) is 0 Å². The molecule has 35 heavy (non-hydrogen) atoms. The van der Waals surface area contributed by atoms with E-state index in [4.69, 9.17) is 9.47 Å². The molecule has 2 heterocycles. The molecule has 0 unspecified atom stereocenters. The van der Waals surface area contributed by atoms with E-state index in [1.165, 1.54) is 36.6 Å². The van der Waals surface area contributed by atoms with Crippen LogP contribution in [0.1, 0.15) is 30.7 Å². The van der Waals surface area contributed by atoms with Crippen LogP contribution in [0.4, 0.5) is 5.69 Å². The van der Waals surface area contributed by atoms with Crippen molar-refractivity contribution in [3.63, 3.8) is 0 Å². The Hall–Kier alpha value is -3.04. The number of aromatic nitrogens is 3. The van der Waals surface area contributed by atoms with Crippen molar-refractivity contribution < 1.29 is 14.3 Å². The minimum Gasteiger partial charge on any atom is -0.493 e. The zero-order valence-corrected chi connectivity index (χ0v) is 21.2. The van der Waals surface area contributed by atoms with Crippen molar-refractivity contribution in [1.82, 2.24) is 19.7 Å². The van der Waals surface area contributed by atoms with Gasteiger partial charge in [-0.25, -0.2) is 0 Å². The molecule has 0 atom stereocenters. The number of likely N-dealkylation sites (tertiary alicyclic amines) is 1. The van der Waals surface area contributed by atoms with E-state index in [-0.39, 0.29) is 11.7 Å². The molecule has 0 bridgehead atoms. The summed E-state index contributed by atoms with van der Waals surface area (Å²) in [5.74, 6) is 2.26. The highest BCUT2D eigenvalue weighted by molar-refractivity contribution is 7.99. The standard InChI is InChI=1S/C26H33N5O3S/c1-33-22-12-11-21(17-23(22)34-2)27-25(32)19-35-26-29-28-24(13-16-30-14-7-4-8-15-30)31(26)18-20-9-5-3-6-10-20/h3,5-6,9-12,17H,4,7-8,13-16,18-19H2,1-2H3,(H,27,32). The minimum absolute atomic E-state index is 0.119. The average molecular weight is 496 g/mol. The second kappa shape index (κ2) is 12.6. The molecular weight excluding hydrogens is 462 g/mol. The molecule has 4 rings (SSSR count). The maximum atomic E-state index is 12.7. The summed E-state index contributed by atoms with van der Waals surface area (Å²) in [4.78, 5) is 15.2. The number of thioether (sulfide) groups is 1. The molecule has 1 aromatic heterocycles. The largest absolute Gasteiger partial charge is 0.493 e. The molecule has 1 fully saturated rings. The number of carbonyl (C=O) groups excluding carboxylic acids is 1. The van der Waals surface area contributed by atoms with Crippen molar-refractivity contribution in [3.8, 4) is 11.5 Å². The number of rotatable bonds is 11. The van der Waals surface area contributed by atoms with Gasteiger partial charge in [0.25, 0.3) is 0 Å². The summed E-state index contributed by atoms with van der Waals surface area (Å²) in [5.41, 5.74) is 1.84. The highest BCUT2D eigenvalue weighted by Crippen LogP contribution is 2.30. The first kappa shape index (κ1) is 25.1. The number of nitrogens with zero attached hydrogens (tertiary/aromatic N) is 4. The first-order valence-corrected chi connectivity index (χ1v) is 13.0. The number of ether oxygens (including phenoxy) is 2. The summed E-state index contributed by atoms with van der Waals surface area (Å²) in [6, 6.07) is 15.6. The first-order valence-electron chi connectivity index (χ1n) is 12.0. The molecule has 1 aliphatic rings. The smallest absolute Gasteiger partial charge is 0.234 e. The Morgan fingerprint density at radius 3 is 2.51 bits per heavy atom. The number of benzene rings is 2. The molecule has 1 amide bonds. The summed E-state index contributed by atoms with van der Waals surface area (Å²) in [6.07, 6.45) is 4.71. The number of methoxy groups -OCH3 is 2. The average Bonchev–Trinajstić information content (AvgIpc) is 3.28. The van der Waals surface area contributed by atoms with Crippen LogP contribution in [-0.4, -0.2) is 65.2 Å². The zero-order chi connectivity index (χ0) is 24.5. The zero-order valence-electron chi connectivity index (χ0n) is 20.4. The number of carbonyl (C=O) groups is 1. The molecule has 1 saturated heterocycles. The van der Waals surface area contributed by atoms with Crippen molar-refractivity contribution in [2.45, 2.75) is 37.4 Å². The van der Waals surface area contributed by atoms with Gasteiger partial charge in [0.15, 0.2) is 16.7 Å². The molecule has 186 valence electrons. The fraction of sp³-hybridized carbons (Fsp3) is 0.423. The van der Waals surface area contributed by atoms with E-state index >= 15 is 0 Å². The summed E-state index contributed by atoms with van der Waals surface area (Å²) in [7, 11) is 3.15. The highest BCUT2D eigenvalue weighted by atomic mass is 32.2. The lowest BCUT2D eigenvalue weighted by molar-refractivity contribution is -0.113. The monoisotopic (exact) mass is 495 g/mol. The number of nitrogens with one attached hydrogen (secondary N) is 1. The number of piperidine rings is 1. The van der Waals surface area contributed by atoms with Crippen LogP contribution in [0.15, 0.2) is 53.7 Å². The number of anilines is 1. The summed E-state index contributed by atoms with van der Waals surface area (Å²) in [5, 5.41) is 12.6. The van der Waals surface area contributed by atoms with Crippen LogP contribution in [0, 0.1) is 0 Å². The topological polar surface area (TPSA) is 81.5 Å². The predicted octanol–water partition coefficient (Wildman–Crippen LogP) is 4.10. The summed E-state index contributed by atoms with van der Waals surface area (Å²) < 4.78 is 12.7. The Labute approximate surface area is 211 Å². The van der Waals surface area contributed by atoms with E-state index < -0.39 is 0 Å².